The number of benzene rings is 1. The summed E-state index contributed by atoms with van der Waals surface area (Å²) < 4.78 is 22.8. The number of nitrogens with zero attached hydrogens (tertiary/aromatic N) is 1. The van der Waals surface area contributed by atoms with E-state index < -0.39 is 21.7 Å². The van der Waals surface area contributed by atoms with Crippen molar-refractivity contribution in [2.45, 2.75) is 6.42 Å². The molecule has 114 valence electrons. The van der Waals surface area contributed by atoms with E-state index in [1.807, 2.05) is 0 Å². The first-order chi connectivity index (χ1) is 9.82. The van der Waals surface area contributed by atoms with E-state index in [0.29, 0.717) is 12.0 Å². The van der Waals surface area contributed by atoms with E-state index in [1.54, 1.807) is 0 Å². The summed E-state index contributed by atoms with van der Waals surface area (Å²) in [7, 11) is -3.13. The van der Waals surface area contributed by atoms with E-state index in [9.17, 15) is 13.2 Å². The third kappa shape index (κ3) is 3.64. The van der Waals surface area contributed by atoms with Gasteiger partial charge in [0, 0.05) is 5.56 Å². The fourth-order valence-electron chi connectivity index (χ4n) is 2.07. The molecule has 1 amide bonds. The fraction of sp³-hybridized carbons (Fsp3) is 0.333. The number of halogens is 1. The molecule has 7 nitrogen and oxygen atoms in total. The van der Waals surface area contributed by atoms with Crippen molar-refractivity contribution >= 4 is 38.9 Å². The number of oxime groups is 1. The lowest BCUT2D eigenvalue weighted by Gasteiger charge is -2.12. The molecule has 0 saturated carbocycles. The summed E-state index contributed by atoms with van der Waals surface area (Å²) in [6, 6.07) is 4.49. The van der Waals surface area contributed by atoms with E-state index in [1.165, 1.54) is 18.2 Å². The quantitative estimate of drug-likeness (QED) is 0.327. The lowest BCUT2D eigenvalue weighted by atomic mass is 10.1. The smallest absolute Gasteiger partial charge is 0.228 e. The van der Waals surface area contributed by atoms with E-state index >= 15 is 0 Å². The van der Waals surface area contributed by atoms with Crippen LogP contribution in [0, 0.1) is 5.92 Å². The molecule has 1 atom stereocenters. The maximum Gasteiger partial charge on any atom is 0.228 e. The van der Waals surface area contributed by atoms with Crippen molar-refractivity contribution in [1.82, 2.24) is 0 Å². The molecule has 0 radical (unpaired) electrons. The predicted molar refractivity (Wildman–Crippen MR) is 79.4 cm³/mol. The molecule has 1 heterocycles. The molecular formula is C12H14ClN3O4S. The van der Waals surface area contributed by atoms with E-state index in [4.69, 9.17) is 22.5 Å². The van der Waals surface area contributed by atoms with Crippen molar-refractivity contribution in [3.05, 3.63) is 28.8 Å². The van der Waals surface area contributed by atoms with Crippen LogP contribution in [0.5, 0.6) is 0 Å². The number of anilines is 1. The third-order valence-electron chi connectivity index (χ3n) is 3.23. The van der Waals surface area contributed by atoms with Gasteiger partial charge in [-0.05, 0) is 24.6 Å². The van der Waals surface area contributed by atoms with Gasteiger partial charge in [-0.3, -0.25) is 4.79 Å². The lowest BCUT2D eigenvalue weighted by Crippen LogP contribution is -2.24. The Hall–Kier alpha value is -1.80. The molecule has 1 saturated heterocycles. The third-order valence-corrected chi connectivity index (χ3v) is 5.33. The van der Waals surface area contributed by atoms with Gasteiger partial charge >= 0.3 is 0 Å². The molecule has 0 aliphatic carbocycles. The number of amides is 1. The summed E-state index contributed by atoms with van der Waals surface area (Å²) in [5.41, 5.74) is 6.14. The number of carbonyl (C=O) groups excluding carboxylic acids is 1. The first-order valence-corrected chi connectivity index (χ1v) is 8.31. The fourth-order valence-corrected chi connectivity index (χ4v) is 3.98. The highest BCUT2D eigenvalue weighted by Gasteiger charge is 2.33. The molecular weight excluding hydrogens is 318 g/mol. The van der Waals surface area contributed by atoms with Crippen LogP contribution in [-0.4, -0.2) is 36.9 Å². The Kier molecular flexibility index (Phi) is 4.38. The average Bonchev–Trinajstić information content (AvgIpc) is 2.80. The summed E-state index contributed by atoms with van der Waals surface area (Å²) in [6.07, 6.45) is 0.297. The van der Waals surface area contributed by atoms with Gasteiger partial charge < -0.3 is 16.3 Å². The minimum absolute atomic E-state index is 0.0168. The van der Waals surface area contributed by atoms with Crippen LogP contribution >= 0.6 is 11.6 Å². The Bertz CT molecular complexity index is 702. The molecule has 0 aromatic heterocycles. The van der Waals surface area contributed by atoms with E-state index in [-0.39, 0.29) is 28.1 Å². The number of rotatable bonds is 3. The zero-order chi connectivity index (χ0) is 15.6. The molecule has 0 spiro atoms. The lowest BCUT2D eigenvalue weighted by molar-refractivity contribution is -0.119. The van der Waals surface area contributed by atoms with Gasteiger partial charge in [-0.1, -0.05) is 16.8 Å². The Morgan fingerprint density at radius 3 is 2.76 bits per heavy atom. The first-order valence-electron chi connectivity index (χ1n) is 6.11. The number of nitrogens with one attached hydrogen (secondary N) is 1. The molecule has 2 rings (SSSR count). The molecule has 4 N–H and O–H groups in total. The maximum absolute atomic E-state index is 12.1. The van der Waals surface area contributed by atoms with E-state index in [2.05, 4.69) is 10.5 Å². The molecule has 9 heteroatoms. The molecule has 0 bridgehead atoms. The van der Waals surface area contributed by atoms with Crippen LogP contribution in [0.25, 0.3) is 0 Å². The molecule has 1 aromatic carbocycles. The molecule has 21 heavy (non-hydrogen) atoms. The van der Waals surface area contributed by atoms with Gasteiger partial charge in [0.15, 0.2) is 15.7 Å². The second kappa shape index (κ2) is 5.90. The van der Waals surface area contributed by atoms with Crippen molar-refractivity contribution < 1.29 is 18.4 Å². The Morgan fingerprint density at radius 2 is 2.19 bits per heavy atom. The second-order valence-corrected chi connectivity index (χ2v) is 7.40. The van der Waals surface area contributed by atoms with Crippen molar-refractivity contribution in [2.75, 3.05) is 16.8 Å². The Labute approximate surface area is 126 Å². The molecule has 1 aliphatic heterocycles. The van der Waals surface area contributed by atoms with Gasteiger partial charge in [0.25, 0.3) is 0 Å². The summed E-state index contributed by atoms with van der Waals surface area (Å²) in [5.74, 6) is -1.25. The van der Waals surface area contributed by atoms with Crippen LogP contribution in [-0.2, 0) is 14.6 Å². The van der Waals surface area contributed by atoms with Gasteiger partial charge in [0.1, 0.15) is 0 Å². The van der Waals surface area contributed by atoms with Gasteiger partial charge in [-0.2, -0.15) is 0 Å². The highest BCUT2D eigenvalue weighted by molar-refractivity contribution is 7.91. The average molecular weight is 332 g/mol. The SMILES string of the molecule is N/C(=N/O)c1ccc(Cl)c(NC(=O)C2CCS(=O)(=O)C2)c1. The maximum atomic E-state index is 12.1. The number of carbonyl (C=O) groups is 1. The van der Waals surface area contributed by atoms with Crippen LogP contribution in [0.15, 0.2) is 23.4 Å². The van der Waals surface area contributed by atoms with Crippen LogP contribution in [0.4, 0.5) is 5.69 Å². The summed E-state index contributed by atoms with van der Waals surface area (Å²) in [5, 5.41) is 14.4. The number of nitrogens with two attached hydrogens (primary N) is 1. The minimum atomic E-state index is -3.13. The number of hydrogen-bond donors (Lipinski definition) is 3. The van der Waals surface area contributed by atoms with Crippen molar-refractivity contribution in [2.24, 2.45) is 16.8 Å². The first kappa shape index (κ1) is 15.6. The van der Waals surface area contributed by atoms with Gasteiger partial charge in [0.05, 0.1) is 28.1 Å². The van der Waals surface area contributed by atoms with Crippen LogP contribution in [0.2, 0.25) is 5.02 Å². The Balaban J connectivity index is 2.18. The minimum Gasteiger partial charge on any atom is -0.409 e. The number of hydrogen-bond acceptors (Lipinski definition) is 5. The monoisotopic (exact) mass is 331 g/mol. The van der Waals surface area contributed by atoms with Gasteiger partial charge in [-0.15, -0.1) is 0 Å². The Morgan fingerprint density at radius 1 is 1.48 bits per heavy atom. The topological polar surface area (TPSA) is 122 Å². The number of amidine groups is 1. The normalized spacial score (nSPS) is 21.2. The van der Waals surface area contributed by atoms with Gasteiger partial charge in [-0.25, -0.2) is 8.42 Å². The second-order valence-electron chi connectivity index (χ2n) is 4.77. The van der Waals surface area contributed by atoms with Crippen molar-refractivity contribution in [1.29, 1.82) is 0 Å². The summed E-state index contributed by atoms with van der Waals surface area (Å²) >= 11 is 5.97. The zero-order valence-electron chi connectivity index (χ0n) is 10.9. The van der Waals surface area contributed by atoms with Crippen molar-refractivity contribution in [3.8, 4) is 0 Å². The summed E-state index contributed by atoms with van der Waals surface area (Å²) in [6.45, 7) is 0. The van der Waals surface area contributed by atoms with Crippen LogP contribution < -0.4 is 11.1 Å². The summed E-state index contributed by atoms with van der Waals surface area (Å²) in [4.78, 5) is 12.1. The van der Waals surface area contributed by atoms with Gasteiger partial charge in [0.2, 0.25) is 5.91 Å². The molecule has 1 aromatic rings. The molecule has 1 aliphatic rings. The molecule has 1 fully saturated rings. The largest absolute Gasteiger partial charge is 0.409 e. The van der Waals surface area contributed by atoms with Crippen molar-refractivity contribution in [3.63, 3.8) is 0 Å². The van der Waals surface area contributed by atoms with Crippen LogP contribution in [0.3, 0.4) is 0 Å². The standard InChI is InChI=1S/C12H14ClN3O4S/c13-9-2-1-7(11(14)16-18)5-10(9)15-12(17)8-3-4-21(19,20)6-8/h1-2,5,8,18H,3-4,6H2,(H2,14,16)(H,15,17). The highest BCUT2D eigenvalue weighted by atomic mass is 35.5. The number of sulfone groups is 1. The molecule has 1 unspecified atom stereocenters. The predicted octanol–water partition coefficient (Wildman–Crippen LogP) is 0.808. The highest BCUT2D eigenvalue weighted by Crippen LogP contribution is 2.26. The zero-order valence-corrected chi connectivity index (χ0v) is 12.5. The van der Waals surface area contributed by atoms with E-state index in [0.717, 1.165) is 0 Å². The van der Waals surface area contributed by atoms with Crippen LogP contribution in [0.1, 0.15) is 12.0 Å².